The molecule has 2 aromatic carbocycles. The average Bonchev–Trinajstić information content (AvgIpc) is 3.01. The van der Waals surface area contributed by atoms with Gasteiger partial charge in [-0.3, -0.25) is 15.0 Å². The topological polar surface area (TPSA) is 91.7 Å². The van der Waals surface area contributed by atoms with E-state index in [1.54, 1.807) is 54.6 Å². The fourth-order valence-electron chi connectivity index (χ4n) is 2.58. The van der Waals surface area contributed by atoms with E-state index in [4.69, 9.17) is 27.0 Å². The summed E-state index contributed by atoms with van der Waals surface area (Å²) in [7, 11) is 0. The molecule has 0 unspecified atom stereocenters. The Kier molecular flexibility index (Phi) is 7.06. The largest absolute Gasteiger partial charge is 0.490 e. The van der Waals surface area contributed by atoms with Crippen LogP contribution in [0.2, 0.25) is 0 Å². The molecule has 0 spiro atoms. The lowest BCUT2D eigenvalue weighted by atomic mass is 10.2. The molecule has 1 fully saturated rings. The molecular weight excluding hydrogens is 422 g/mol. The molecule has 0 aromatic heterocycles. The molecule has 2 aromatic rings. The summed E-state index contributed by atoms with van der Waals surface area (Å²) in [6.07, 6.45) is 1.66. The van der Waals surface area contributed by atoms with Gasteiger partial charge < -0.3 is 9.47 Å². The maximum atomic E-state index is 12.7. The third-order valence-electron chi connectivity index (χ3n) is 3.90. The second-order valence-corrected chi connectivity index (χ2v) is 7.59. The van der Waals surface area contributed by atoms with E-state index >= 15 is 0 Å². The summed E-state index contributed by atoms with van der Waals surface area (Å²) >= 11 is 6.34. The van der Waals surface area contributed by atoms with Gasteiger partial charge in [-0.05, 0) is 55.0 Å². The standard InChI is InChI=1S/C21H17N3O4S2/c1-2-27-17-12-14(8-9-16(17)28-11-10-22)13-18-20(26)24(21(29)30-18)23-19(25)15-6-4-3-5-7-15/h3-9,12-13H,2,11H2,1H3,(H,23,25)/b18-13-. The lowest BCUT2D eigenvalue weighted by Crippen LogP contribution is -2.44. The average molecular weight is 440 g/mol. The summed E-state index contributed by atoms with van der Waals surface area (Å²) in [4.78, 5) is 25.5. The Morgan fingerprint density at radius 3 is 2.70 bits per heavy atom. The molecule has 1 N–H and O–H groups in total. The third kappa shape index (κ3) is 4.97. The maximum absolute atomic E-state index is 12.7. The zero-order valence-electron chi connectivity index (χ0n) is 16.0. The molecule has 0 bridgehead atoms. The molecular formula is C21H17N3O4S2. The number of hydrogen-bond acceptors (Lipinski definition) is 7. The van der Waals surface area contributed by atoms with Gasteiger partial charge in [0.25, 0.3) is 11.8 Å². The fraction of sp³-hybridized carbons (Fsp3) is 0.143. The highest BCUT2D eigenvalue weighted by Gasteiger charge is 2.33. The van der Waals surface area contributed by atoms with Gasteiger partial charge in [0.2, 0.25) is 0 Å². The van der Waals surface area contributed by atoms with Crippen LogP contribution in [0.15, 0.2) is 53.4 Å². The van der Waals surface area contributed by atoms with Gasteiger partial charge >= 0.3 is 0 Å². The van der Waals surface area contributed by atoms with E-state index in [0.29, 0.717) is 34.1 Å². The van der Waals surface area contributed by atoms with Crippen molar-refractivity contribution < 1.29 is 19.1 Å². The number of nitrogens with zero attached hydrogens (tertiary/aromatic N) is 2. The minimum Gasteiger partial charge on any atom is -0.490 e. The Balaban J connectivity index is 1.78. The predicted octanol–water partition coefficient (Wildman–Crippen LogP) is 3.53. The number of thiocarbonyl (C=S) groups is 1. The van der Waals surface area contributed by atoms with E-state index in [1.165, 1.54) is 0 Å². The zero-order chi connectivity index (χ0) is 21.5. The van der Waals surface area contributed by atoms with Crippen molar-refractivity contribution in [1.82, 2.24) is 10.4 Å². The van der Waals surface area contributed by atoms with Crippen molar-refractivity contribution in [3.05, 3.63) is 64.6 Å². The summed E-state index contributed by atoms with van der Waals surface area (Å²) in [5, 5.41) is 9.76. The molecule has 1 heterocycles. The smallest absolute Gasteiger partial charge is 0.285 e. The molecule has 1 aliphatic heterocycles. The summed E-state index contributed by atoms with van der Waals surface area (Å²) in [6.45, 7) is 2.15. The molecule has 2 amide bonds. The molecule has 7 nitrogen and oxygen atoms in total. The Morgan fingerprint density at radius 1 is 1.23 bits per heavy atom. The zero-order valence-corrected chi connectivity index (χ0v) is 17.6. The number of amides is 2. The van der Waals surface area contributed by atoms with Crippen LogP contribution in [0, 0.1) is 11.3 Å². The van der Waals surface area contributed by atoms with Crippen molar-refractivity contribution in [2.75, 3.05) is 13.2 Å². The number of hydrazine groups is 1. The number of hydrogen-bond donors (Lipinski definition) is 1. The van der Waals surface area contributed by atoms with Gasteiger partial charge in [0.1, 0.15) is 6.07 Å². The molecule has 0 aliphatic carbocycles. The summed E-state index contributed by atoms with van der Waals surface area (Å²) < 4.78 is 11.1. The second kappa shape index (κ2) is 9.91. The lowest BCUT2D eigenvalue weighted by Gasteiger charge is -2.15. The van der Waals surface area contributed by atoms with Crippen LogP contribution < -0.4 is 14.9 Å². The predicted molar refractivity (Wildman–Crippen MR) is 118 cm³/mol. The number of benzene rings is 2. The lowest BCUT2D eigenvalue weighted by molar-refractivity contribution is -0.123. The van der Waals surface area contributed by atoms with E-state index in [-0.39, 0.29) is 10.9 Å². The molecule has 0 atom stereocenters. The first-order chi connectivity index (χ1) is 14.5. The van der Waals surface area contributed by atoms with Crippen molar-refractivity contribution in [3.63, 3.8) is 0 Å². The van der Waals surface area contributed by atoms with Crippen molar-refractivity contribution in [1.29, 1.82) is 5.26 Å². The highest BCUT2D eigenvalue weighted by molar-refractivity contribution is 8.26. The van der Waals surface area contributed by atoms with Crippen LogP contribution in [0.1, 0.15) is 22.8 Å². The maximum Gasteiger partial charge on any atom is 0.285 e. The van der Waals surface area contributed by atoms with E-state index in [9.17, 15) is 9.59 Å². The van der Waals surface area contributed by atoms with Gasteiger partial charge in [-0.1, -0.05) is 36.0 Å². The first kappa shape index (κ1) is 21.4. The van der Waals surface area contributed by atoms with Gasteiger partial charge in [-0.2, -0.15) is 10.3 Å². The van der Waals surface area contributed by atoms with Crippen molar-refractivity contribution in [3.8, 4) is 17.6 Å². The highest BCUT2D eigenvalue weighted by atomic mass is 32.2. The normalized spacial score (nSPS) is 14.5. The van der Waals surface area contributed by atoms with E-state index in [0.717, 1.165) is 16.8 Å². The first-order valence-electron chi connectivity index (χ1n) is 8.94. The van der Waals surface area contributed by atoms with Gasteiger partial charge in [-0.25, -0.2) is 0 Å². The minimum atomic E-state index is -0.425. The van der Waals surface area contributed by atoms with Crippen molar-refractivity contribution >= 4 is 46.2 Å². The Hall–Kier alpha value is -3.35. The molecule has 9 heteroatoms. The van der Waals surface area contributed by atoms with E-state index in [2.05, 4.69) is 5.43 Å². The van der Waals surface area contributed by atoms with Crippen LogP contribution >= 0.6 is 24.0 Å². The van der Waals surface area contributed by atoms with E-state index in [1.807, 2.05) is 13.0 Å². The SMILES string of the molecule is CCOc1cc(/C=C2\SC(=S)N(NC(=O)c3ccccc3)C2=O)ccc1OCC#N. The van der Waals surface area contributed by atoms with E-state index < -0.39 is 11.8 Å². The van der Waals surface area contributed by atoms with Crippen LogP contribution in [-0.2, 0) is 4.79 Å². The molecule has 0 radical (unpaired) electrons. The summed E-state index contributed by atoms with van der Waals surface area (Å²) in [6, 6.07) is 15.6. The van der Waals surface area contributed by atoms with Crippen molar-refractivity contribution in [2.45, 2.75) is 6.92 Å². The molecule has 1 saturated heterocycles. The van der Waals surface area contributed by atoms with Crippen LogP contribution in [0.3, 0.4) is 0 Å². The molecule has 152 valence electrons. The monoisotopic (exact) mass is 439 g/mol. The Labute approximate surface area is 183 Å². The number of ether oxygens (including phenoxy) is 2. The van der Waals surface area contributed by atoms with Crippen molar-refractivity contribution in [2.24, 2.45) is 0 Å². The Bertz CT molecular complexity index is 1050. The van der Waals surface area contributed by atoms with Gasteiger partial charge in [0.05, 0.1) is 11.5 Å². The van der Waals surface area contributed by atoms with Crippen LogP contribution in [0.4, 0.5) is 0 Å². The highest BCUT2D eigenvalue weighted by Crippen LogP contribution is 2.34. The van der Waals surface area contributed by atoms with Gasteiger partial charge in [0.15, 0.2) is 22.4 Å². The molecule has 30 heavy (non-hydrogen) atoms. The number of carbonyl (C=O) groups excluding carboxylic acids is 2. The number of thioether (sulfide) groups is 1. The number of nitriles is 1. The first-order valence-corrected chi connectivity index (χ1v) is 10.2. The molecule has 1 aliphatic rings. The van der Waals surface area contributed by atoms with Crippen LogP contribution in [0.5, 0.6) is 11.5 Å². The summed E-state index contributed by atoms with van der Waals surface area (Å²) in [5.41, 5.74) is 3.65. The second-order valence-electron chi connectivity index (χ2n) is 5.91. The van der Waals surface area contributed by atoms with Gasteiger partial charge in [0, 0.05) is 5.56 Å². The van der Waals surface area contributed by atoms with Crippen LogP contribution in [0.25, 0.3) is 6.08 Å². The third-order valence-corrected chi connectivity index (χ3v) is 5.20. The molecule has 3 rings (SSSR count). The fourth-order valence-corrected chi connectivity index (χ4v) is 3.76. The molecule has 0 saturated carbocycles. The van der Waals surface area contributed by atoms with Crippen LogP contribution in [-0.4, -0.2) is 34.4 Å². The number of carbonyl (C=O) groups is 2. The number of rotatable bonds is 7. The minimum absolute atomic E-state index is 0.0980. The quantitative estimate of drug-likeness (QED) is 0.521. The summed E-state index contributed by atoms with van der Waals surface area (Å²) in [5.74, 6) is 0.0652. The van der Waals surface area contributed by atoms with Gasteiger partial charge in [-0.15, -0.1) is 0 Å². The number of nitrogens with one attached hydrogen (secondary N) is 1. The Morgan fingerprint density at radius 2 is 2.00 bits per heavy atom.